The van der Waals surface area contributed by atoms with E-state index < -0.39 is 11.6 Å². The van der Waals surface area contributed by atoms with Crippen molar-refractivity contribution in [2.24, 2.45) is 4.99 Å². The summed E-state index contributed by atoms with van der Waals surface area (Å²) in [6, 6.07) is 7.69. The highest BCUT2D eigenvalue weighted by Crippen LogP contribution is 2.29. The van der Waals surface area contributed by atoms with Crippen LogP contribution in [0.1, 0.15) is 18.1 Å². The first-order valence-electron chi connectivity index (χ1n) is 7.48. The molecule has 0 spiro atoms. The van der Waals surface area contributed by atoms with E-state index >= 15 is 0 Å². The van der Waals surface area contributed by atoms with Gasteiger partial charge in [-0.05, 0) is 56.2 Å². The van der Waals surface area contributed by atoms with Crippen molar-refractivity contribution < 1.29 is 8.78 Å². The molecule has 0 atom stereocenters. The number of benzene rings is 2. The Labute approximate surface area is 135 Å². The Hall–Kier alpha value is -2.43. The van der Waals surface area contributed by atoms with E-state index in [0.29, 0.717) is 5.69 Å². The van der Waals surface area contributed by atoms with Crippen LogP contribution in [0.25, 0.3) is 0 Å². The molecule has 5 heteroatoms. The van der Waals surface area contributed by atoms with Gasteiger partial charge >= 0.3 is 0 Å². The van der Waals surface area contributed by atoms with E-state index in [4.69, 9.17) is 0 Å². The second-order valence-corrected chi connectivity index (χ2v) is 5.53. The molecule has 0 aromatic heterocycles. The van der Waals surface area contributed by atoms with E-state index in [1.807, 2.05) is 37.9 Å². The van der Waals surface area contributed by atoms with Gasteiger partial charge in [-0.25, -0.2) is 13.8 Å². The third-order valence-corrected chi connectivity index (χ3v) is 3.63. The summed E-state index contributed by atoms with van der Waals surface area (Å²) in [5, 5.41) is 3.12. The monoisotopic (exact) mass is 317 g/mol. The number of aryl methyl sites for hydroxylation is 2. The van der Waals surface area contributed by atoms with Crippen molar-refractivity contribution in [1.82, 2.24) is 4.90 Å². The van der Waals surface area contributed by atoms with Gasteiger partial charge in [0.15, 0.2) is 11.6 Å². The highest BCUT2D eigenvalue weighted by atomic mass is 19.2. The molecule has 0 saturated heterocycles. The molecule has 0 amide bonds. The van der Waals surface area contributed by atoms with Gasteiger partial charge in [0, 0.05) is 31.0 Å². The van der Waals surface area contributed by atoms with Crippen molar-refractivity contribution >= 4 is 23.4 Å². The molecule has 2 aromatic carbocycles. The normalized spacial score (nSPS) is 11.0. The zero-order chi connectivity index (χ0) is 17.0. The van der Waals surface area contributed by atoms with Crippen LogP contribution in [0.4, 0.5) is 25.8 Å². The van der Waals surface area contributed by atoms with Gasteiger partial charge in [0.1, 0.15) is 0 Å². The lowest BCUT2D eigenvalue weighted by molar-refractivity contribution is 0.509. The predicted molar refractivity (Wildman–Crippen MR) is 92.0 cm³/mol. The summed E-state index contributed by atoms with van der Waals surface area (Å²) in [5.74, 6) is -1.72. The average Bonchev–Trinajstić information content (AvgIpc) is 2.52. The van der Waals surface area contributed by atoms with Crippen LogP contribution in [0.15, 0.2) is 35.3 Å². The number of anilines is 2. The van der Waals surface area contributed by atoms with Crippen molar-refractivity contribution in [1.29, 1.82) is 0 Å². The van der Waals surface area contributed by atoms with Crippen LogP contribution >= 0.6 is 0 Å². The third kappa shape index (κ3) is 4.28. The SMILES string of the molecule is CCN(C)/C=N\c1cc(C)c(Nc2ccc(F)c(F)c2)cc1C. The van der Waals surface area contributed by atoms with E-state index in [-0.39, 0.29) is 0 Å². The Morgan fingerprint density at radius 1 is 1.09 bits per heavy atom. The fourth-order valence-corrected chi connectivity index (χ4v) is 2.05. The van der Waals surface area contributed by atoms with Crippen molar-refractivity contribution in [3.8, 4) is 0 Å². The van der Waals surface area contributed by atoms with E-state index in [9.17, 15) is 8.78 Å². The molecule has 2 aromatic rings. The number of hydrogen-bond donors (Lipinski definition) is 1. The summed E-state index contributed by atoms with van der Waals surface area (Å²) in [6.45, 7) is 6.86. The van der Waals surface area contributed by atoms with E-state index in [1.165, 1.54) is 6.07 Å². The van der Waals surface area contributed by atoms with Crippen molar-refractivity contribution in [2.45, 2.75) is 20.8 Å². The van der Waals surface area contributed by atoms with Crippen molar-refractivity contribution in [2.75, 3.05) is 18.9 Å². The van der Waals surface area contributed by atoms with Gasteiger partial charge in [-0.15, -0.1) is 0 Å². The number of halogens is 2. The Kier molecular flexibility index (Phi) is 5.32. The molecule has 3 nitrogen and oxygen atoms in total. The van der Waals surface area contributed by atoms with E-state index in [1.54, 1.807) is 6.34 Å². The Bertz CT molecular complexity index is 726. The molecule has 0 bridgehead atoms. The smallest absolute Gasteiger partial charge is 0.160 e. The standard InChI is InChI=1S/C18H21F2N3/c1-5-23(4)11-21-17-8-13(3)18(9-12(17)2)22-14-6-7-15(19)16(20)10-14/h6-11,22H,5H2,1-4H3/b21-11-. The zero-order valence-electron chi connectivity index (χ0n) is 13.8. The summed E-state index contributed by atoms with van der Waals surface area (Å²) in [6.07, 6.45) is 1.80. The van der Waals surface area contributed by atoms with Crippen molar-refractivity contribution in [3.63, 3.8) is 0 Å². The molecular formula is C18H21F2N3. The first-order valence-corrected chi connectivity index (χ1v) is 7.48. The van der Waals surface area contributed by atoms with Gasteiger partial charge in [0.25, 0.3) is 0 Å². The van der Waals surface area contributed by atoms with E-state index in [2.05, 4.69) is 17.2 Å². The van der Waals surface area contributed by atoms with Gasteiger partial charge in [-0.2, -0.15) is 0 Å². The summed E-state index contributed by atoms with van der Waals surface area (Å²) in [4.78, 5) is 6.46. The molecule has 0 heterocycles. The van der Waals surface area contributed by atoms with Crippen LogP contribution in [0, 0.1) is 25.5 Å². The maximum Gasteiger partial charge on any atom is 0.160 e. The molecule has 0 fully saturated rings. The second kappa shape index (κ2) is 7.22. The van der Waals surface area contributed by atoms with Gasteiger partial charge in [-0.3, -0.25) is 0 Å². The minimum absolute atomic E-state index is 0.508. The molecule has 2 rings (SSSR count). The van der Waals surface area contributed by atoms with Crippen LogP contribution < -0.4 is 5.32 Å². The molecule has 1 N–H and O–H groups in total. The highest BCUT2D eigenvalue weighted by Gasteiger charge is 2.07. The molecule has 0 radical (unpaired) electrons. The van der Waals surface area contributed by atoms with Gasteiger partial charge in [0.05, 0.1) is 12.0 Å². The van der Waals surface area contributed by atoms with E-state index in [0.717, 1.165) is 41.2 Å². The van der Waals surface area contributed by atoms with Gasteiger partial charge < -0.3 is 10.2 Å². The first-order chi connectivity index (χ1) is 10.9. The maximum absolute atomic E-state index is 13.3. The van der Waals surface area contributed by atoms with Gasteiger partial charge in [-0.1, -0.05) is 0 Å². The number of rotatable bonds is 5. The Balaban J connectivity index is 2.25. The van der Waals surface area contributed by atoms with Crippen LogP contribution in [0.2, 0.25) is 0 Å². The summed E-state index contributed by atoms with van der Waals surface area (Å²) in [7, 11) is 1.96. The molecule has 122 valence electrons. The van der Waals surface area contributed by atoms with Crippen LogP contribution in [0.5, 0.6) is 0 Å². The lowest BCUT2D eigenvalue weighted by Gasteiger charge is -2.13. The second-order valence-electron chi connectivity index (χ2n) is 5.53. The number of aliphatic imine (C=N–C) groups is 1. The number of nitrogens with zero attached hydrogens (tertiary/aromatic N) is 2. The zero-order valence-corrected chi connectivity index (χ0v) is 13.8. The van der Waals surface area contributed by atoms with Gasteiger partial charge in [0.2, 0.25) is 0 Å². The molecule has 0 aliphatic carbocycles. The minimum atomic E-state index is -0.867. The van der Waals surface area contributed by atoms with Crippen LogP contribution in [-0.2, 0) is 0 Å². The predicted octanol–water partition coefficient (Wildman–Crippen LogP) is 4.94. The number of hydrogen-bond acceptors (Lipinski definition) is 2. The summed E-state index contributed by atoms with van der Waals surface area (Å²) < 4.78 is 26.3. The Morgan fingerprint density at radius 2 is 1.83 bits per heavy atom. The quantitative estimate of drug-likeness (QED) is 0.625. The summed E-state index contributed by atoms with van der Waals surface area (Å²) in [5.41, 5.74) is 4.22. The third-order valence-electron chi connectivity index (χ3n) is 3.63. The lowest BCUT2D eigenvalue weighted by atomic mass is 10.1. The lowest BCUT2D eigenvalue weighted by Crippen LogP contribution is -2.14. The first kappa shape index (κ1) is 16.9. The summed E-state index contributed by atoms with van der Waals surface area (Å²) >= 11 is 0. The minimum Gasteiger partial charge on any atom is -0.366 e. The molecule has 0 aliphatic rings. The molecule has 0 aliphatic heterocycles. The maximum atomic E-state index is 13.3. The fraction of sp³-hybridized carbons (Fsp3) is 0.278. The van der Waals surface area contributed by atoms with Crippen LogP contribution in [-0.4, -0.2) is 24.8 Å². The molecule has 23 heavy (non-hydrogen) atoms. The molecular weight excluding hydrogens is 296 g/mol. The average molecular weight is 317 g/mol. The highest BCUT2D eigenvalue weighted by molar-refractivity contribution is 5.70. The Morgan fingerprint density at radius 3 is 2.48 bits per heavy atom. The fourth-order valence-electron chi connectivity index (χ4n) is 2.05. The molecule has 0 unspecified atom stereocenters. The topological polar surface area (TPSA) is 27.6 Å². The van der Waals surface area contributed by atoms with Crippen molar-refractivity contribution in [3.05, 3.63) is 53.1 Å². The largest absolute Gasteiger partial charge is 0.366 e. The number of nitrogens with one attached hydrogen (secondary N) is 1. The van der Waals surface area contributed by atoms with Crippen LogP contribution in [0.3, 0.4) is 0 Å². The molecule has 0 saturated carbocycles.